The van der Waals surface area contributed by atoms with Crippen LogP contribution in [-0.4, -0.2) is 51.0 Å². The summed E-state index contributed by atoms with van der Waals surface area (Å²) in [6, 6.07) is 4.73. The SMILES string of the molecule is CCNC(=NCCOCC1CCCO1)NC(C)Cc1ccc(C)s1. The fraction of sp³-hybridized carbons (Fsp3) is 0.722. The third-order valence-electron chi connectivity index (χ3n) is 3.86. The van der Waals surface area contributed by atoms with Crippen LogP contribution in [0.25, 0.3) is 0 Å². The topological polar surface area (TPSA) is 54.9 Å². The minimum absolute atomic E-state index is 0.287. The first-order chi connectivity index (χ1) is 11.7. The van der Waals surface area contributed by atoms with Crippen LogP contribution >= 0.6 is 11.3 Å². The van der Waals surface area contributed by atoms with Gasteiger partial charge >= 0.3 is 0 Å². The Morgan fingerprint density at radius 1 is 1.50 bits per heavy atom. The van der Waals surface area contributed by atoms with Crippen LogP contribution in [-0.2, 0) is 15.9 Å². The second-order valence-corrected chi connectivity index (χ2v) is 7.60. The van der Waals surface area contributed by atoms with Crippen LogP contribution in [0, 0.1) is 6.92 Å². The zero-order chi connectivity index (χ0) is 17.2. The largest absolute Gasteiger partial charge is 0.377 e. The third-order valence-corrected chi connectivity index (χ3v) is 4.89. The monoisotopic (exact) mass is 353 g/mol. The number of hydrogen-bond acceptors (Lipinski definition) is 4. The number of aliphatic imine (C=N–C) groups is 1. The summed E-state index contributed by atoms with van der Waals surface area (Å²) in [6.07, 6.45) is 3.57. The van der Waals surface area contributed by atoms with Crippen molar-refractivity contribution in [3.8, 4) is 0 Å². The third kappa shape index (κ3) is 7.20. The molecule has 0 radical (unpaired) electrons. The van der Waals surface area contributed by atoms with Crippen LogP contribution in [0.1, 0.15) is 36.4 Å². The Hall–Kier alpha value is -1.11. The quantitative estimate of drug-likeness (QED) is 0.407. The van der Waals surface area contributed by atoms with Crippen LogP contribution in [0.3, 0.4) is 0 Å². The molecule has 1 aliphatic rings. The average Bonchev–Trinajstić information content (AvgIpc) is 3.19. The summed E-state index contributed by atoms with van der Waals surface area (Å²) in [7, 11) is 0. The van der Waals surface area contributed by atoms with Gasteiger partial charge in [-0.1, -0.05) is 0 Å². The molecule has 1 aromatic rings. The molecule has 2 N–H and O–H groups in total. The Kier molecular flexibility index (Phi) is 8.56. The van der Waals surface area contributed by atoms with E-state index >= 15 is 0 Å². The highest BCUT2D eigenvalue weighted by Crippen LogP contribution is 2.16. The number of hydrogen-bond donors (Lipinski definition) is 2. The van der Waals surface area contributed by atoms with Crippen LogP contribution in [0.2, 0.25) is 0 Å². The maximum Gasteiger partial charge on any atom is 0.191 e. The fourth-order valence-electron chi connectivity index (χ4n) is 2.71. The van der Waals surface area contributed by atoms with E-state index in [9.17, 15) is 0 Å². The number of ether oxygens (including phenoxy) is 2. The molecule has 0 bridgehead atoms. The summed E-state index contributed by atoms with van der Waals surface area (Å²) >= 11 is 1.86. The molecule has 0 saturated carbocycles. The van der Waals surface area contributed by atoms with E-state index in [0.717, 1.165) is 38.4 Å². The highest BCUT2D eigenvalue weighted by Gasteiger charge is 2.15. The van der Waals surface area contributed by atoms with Gasteiger partial charge in [-0.3, -0.25) is 4.99 Å². The first-order valence-electron chi connectivity index (χ1n) is 8.97. The van der Waals surface area contributed by atoms with Gasteiger partial charge in [0, 0.05) is 35.4 Å². The molecular weight excluding hydrogens is 322 g/mol. The van der Waals surface area contributed by atoms with Gasteiger partial charge in [0.25, 0.3) is 0 Å². The Morgan fingerprint density at radius 3 is 3.04 bits per heavy atom. The van der Waals surface area contributed by atoms with Crippen LogP contribution in [0.5, 0.6) is 0 Å². The molecule has 136 valence electrons. The summed E-state index contributed by atoms with van der Waals surface area (Å²) in [4.78, 5) is 7.36. The molecule has 5 nitrogen and oxygen atoms in total. The highest BCUT2D eigenvalue weighted by molar-refractivity contribution is 7.11. The van der Waals surface area contributed by atoms with Gasteiger partial charge < -0.3 is 20.1 Å². The van der Waals surface area contributed by atoms with Gasteiger partial charge in [0.2, 0.25) is 0 Å². The Morgan fingerprint density at radius 2 is 2.38 bits per heavy atom. The molecule has 0 amide bonds. The first kappa shape index (κ1) is 19.2. The van der Waals surface area contributed by atoms with E-state index in [0.29, 0.717) is 25.8 Å². The molecule has 1 saturated heterocycles. The van der Waals surface area contributed by atoms with Crippen molar-refractivity contribution < 1.29 is 9.47 Å². The molecule has 1 fully saturated rings. The fourth-order valence-corrected chi connectivity index (χ4v) is 3.73. The first-order valence-corrected chi connectivity index (χ1v) is 9.78. The minimum Gasteiger partial charge on any atom is -0.377 e. The van der Waals surface area contributed by atoms with Gasteiger partial charge in [-0.15, -0.1) is 11.3 Å². The zero-order valence-corrected chi connectivity index (χ0v) is 16.0. The lowest BCUT2D eigenvalue weighted by Gasteiger charge is -2.17. The molecule has 2 heterocycles. The van der Waals surface area contributed by atoms with Crippen LogP contribution in [0.4, 0.5) is 0 Å². The molecule has 2 rings (SSSR count). The summed E-state index contributed by atoms with van der Waals surface area (Å²) in [5.41, 5.74) is 0. The molecular formula is C18H31N3O2S. The lowest BCUT2D eigenvalue weighted by molar-refractivity contribution is 0.0200. The number of guanidine groups is 1. The second kappa shape index (κ2) is 10.7. The van der Waals surface area contributed by atoms with E-state index in [-0.39, 0.29) is 6.10 Å². The van der Waals surface area contributed by atoms with Gasteiger partial charge in [-0.25, -0.2) is 0 Å². The van der Waals surface area contributed by atoms with Crippen molar-refractivity contribution in [2.45, 2.75) is 52.2 Å². The molecule has 0 spiro atoms. The molecule has 0 aromatic carbocycles. The molecule has 1 aromatic heterocycles. The number of aryl methyl sites for hydroxylation is 1. The van der Waals surface area contributed by atoms with Gasteiger partial charge in [-0.2, -0.15) is 0 Å². The van der Waals surface area contributed by atoms with Crippen molar-refractivity contribution in [1.29, 1.82) is 0 Å². The van der Waals surface area contributed by atoms with E-state index in [1.165, 1.54) is 9.75 Å². The van der Waals surface area contributed by atoms with E-state index in [1.54, 1.807) is 0 Å². The van der Waals surface area contributed by atoms with Crippen molar-refractivity contribution >= 4 is 17.3 Å². The molecule has 2 atom stereocenters. The maximum atomic E-state index is 5.66. The standard InChI is InChI=1S/C18H31N3O2S/c1-4-19-18(20-9-11-22-13-16-6-5-10-23-16)21-14(2)12-17-8-7-15(3)24-17/h7-8,14,16H,4-6,9-13H2,1-3H3,(H2,19,20,21). The Balaban J connectivity index is 1.68. The van der Waals surface area contributed by atoms with Crippen LogP contribution < -0.4 is 10.6 Å². The van der Waals surface area contributed by atoms with Gasteiger partial charge in [-0.05, 0) is 45.7 Å². The summed E-state index contributed by atoms with van der Waals surface area (Å²) in [6.45, 7) is 10.1. The van der Waals surface area contributed by atoms with Gasteiger partial charge in [0.05, 0.1) is 25.9 Å². The smallest absolute Gasteiger partial charge is 0.191 e. The van der Waals surface area contributed by atoms with E-state index in [1.807, 2.05) is 11.3 Å². The average molecular weight is 354 g/mol. The summed E-state index contributed by atoms with van der Waals surface area (Å²) in [5.74, 6) is 0.860. The van der Waals surface area contributed by atoms with E-state index < -0.39 is 0 Å². The lowest BCUT2D eigenvalue weighted by atomic mass is 10.2. The maximum absolute atomic E-state index is 5.66. The number of thiophene rings is 1. The van der Waals surface area contributed by atoms with Gasteiger partial charge in [0.15, 0.2) is 5.96 Å². The molecule has 1 aliphatic heterocycles. The predicted molar refractivity (Wildman–Crippen MR) is 101 cm³/mol. The second-order valence-electron chi connectivity index (χ2n) is 6.23. The predicted octanol–water partition coefficient (Wildman–Crippen LogP) is 2.74. The van der Waals surface area contributed by atoms with Crippen molar-refractivity contribution in [2.24, 2.45) is 4.99 Å². The van der Waals surface area contributed by atoms with Crippen molar-refractivity contribution in [1.82, 2.24) is 10.6 Å². The number of rotatable bonds is 9. The Bertz CT molecular complexity index is 498. The highest BCUT2D eigenvalue weighted by atomic mass is 32.1. The van der Waals surface area contributed by atoms with Gasteiger partial charge in [0.1, 0.15) is 0 Å². The summed E-state index contributed by atoms with van der Waals surface area (Å²) in [5, 5.41) is 6.77. The molecule has 0 aliphatic carbocycles. The van der Waals surface area contributed by atoms with Crippen molar-refractivity contribution in [2.75, 3.05) is 32.9 Å². The van der Waals surface area contributed by atoms with Crippen molar-refractivity contribution in [3.05, 3.63) is 21.9 Å². The molecule has 24 heavy (non-hydrogen) atoms. The number of nitrogens with one attached hydrogen (secondary N) is 2. The Labute approximate surface area is 149 Å². The lowest BCUT2D eigenvalue weighted by Crippen LogP contribution is -2.43. The van der Waals surface area contributed by atoms with E-state index in [2.05, 4.69) is 48.5 Å². The molecule has 6 heteroatoms. The normalized spacial score (nSPS) is 19.5. The summed E-state index contributed by atoms with van der Waals surface area (Å²) < 4.78 is 11.2. The van der Waals surface area contributed by atoms with Crippen LogP contribution in [0.15, 0.2) is 17.1 Å². The molecule has 2 unspecified atom stereocenters. The van der Waals surface area contributed by atoms with Crippen molar-refractivity contribution in [3.63, 3.8) is 0 Å². The minimum atomic E-state index is 0.287. The van der Waals surface area contributed by atoms with E-state index in [4.69, 9.17) is 9.47 Å². The zero-order valence-electron chi connectivity index (χ0n) is 15.1. The number of nitrogens with zero attached hydrogens (tertiary/aromatic N) is 1.